The normalized spacial score (nSPS) is 10.9. The first kappa shape index (κ1) is 14.0. The summed E-state index contributed by atoms with van der Waals surface area (Å²) in [5.41, 5.74) is 8.00. The maximum absolute atomic E-state index is 13.4. The van der Waals surface area contributed by atoms with Gasteiger partial charge in [0.05, 0.1) is 5.69 Å². The fourth-order valence-corrected chi connectivity index (χ4v) is 2.46. The van der Waals surface area contributed by atoms with Gasteiger partial charge in [-0.2, -0.15) is 0 Å². The lowest BCUT2D eigenvalue weighted by Gasteiger charge is -2.18. The van der Waals surface area contributed by atoms with Crippen molar-refractivity contribution >= 4 is 21.6 Å². The zero-order valence-corrected chi connectivity index (χ0v) is 12.3. The third-order valence-electron chi connectivity index (χ3n) is 2.92. The van der Waals surface area contributed by atoms with Crippen molar-refractivity contribution in [3.05, 3.63) is 63.9 Å². The minimum atomic E-state index is -0.353. The summed E-state index contributed by atoms with van der Waals surface area (Å²) >= 11 is 3.45. The summed E-state index contributed by atoms with van der Waals surface area (Å²) in [6.45, 7) is 1.41. The molecule has 0 amide bonds. The van der Waals surface area contributed by atoms with Gasteiger partial charge in [0.25, 0.3) is 0 Å². The molecule has 0 atom stereocenters. The first-order valence-electron chi connectivity index (χ1n) is 6.02. The molecule has 0 spiro atoms. The molecule has 0 bridgehead atoms. The molecule has 0 heterocycles. The largest absolute Gasteiger partial charge is 0.396 e. The Hall–Kier alpha value is -1.39. The summed E-state index contributed by atoms with van der Waals surface area (Å²) in [5, 5.41) is 0. The molecular formula is C15H16BrFN2. The van der Waals surface area contributed by atoms with Crippen molar-refractivity contribution in [2.24, 2.45) is 0 Å². The van der Waals surface area contributed by atoms with Gasteiger partial charge in [-0.3, -0.25) is 4.90 Å². The van der Waals surface area contributed by atoms with Crippen molar-refractivity contribution in [3.8, 4) is 0 Å². The monoisotopic (exact) mass is 322 g/mol. The van der Waals surface area contributed by atoms with Crippen LogP contribution in [0.5, 0.6) is 0 Å². The zero-order chi connectivity index (χ0) is 13.8. The van der Waals surface area contributed by atoms with E-state index in [-0.39, 0.29) is 11.5 Å². The van der Waals surface area contributed by atoms with Crippen molar-refractivity contribution in [2.75, 3.05) is 12.8 Å². The van der Waals surface area contributed by atoms with Crippen molar-refractivity contribution in [3.63, 3.8) is 0 Å². The Morgan fingerprint density at radius 1 is 1.16 bits per heavy atom. The molecule has 2 nitrogen and oxygen atoms in total. The van der Waals surface area contributed by atoms with Crippen LogP contribution in [-0.2, 0) is 13.1 Å². The fraction of sp³-hybridized carbons (Fsp3) is 0.200. The number of anilines is 1. The van der Waals surface area contributed by atoms with Crippen molar-refractivity contribution in [1.82, 2.24) is 4.90 Å². The Kier molecular flexibility index (Phi) is 4.56. The van der Waals surface area contributed by atoms with E-state index in [9.17, 15) is 4.39 Å². The first-order valence-corrected chi connectivity index (χ1v) is 6.81. The molecule has 0 aliphatic carbocycles. The van der Waals surface area contributed by atoms with E-state index in [2.05, 4.69) is 33.0 Å². The molecule has 0 unspecified atom stereocenters. The second-order valence-electron chi connectivity index (χ2n) is 4.61. The van der Waals surface area contributed by atoms with Crippen LogP contribution in [0, 0.1) is 5.82 Å². The standard InChI is InChI=1S/C15H16BrFN2/c1-19(9-11-4-2-6-13(16)8-11)10-12-5-3-7-14(17)15(12)18/h2-8H,9-10,18H2,1H3. The molecule has 0 saturated carbocycles. The van der Waals surface area contributed by atoms with Crippen LogP contribution in [0.15, 0.2) is 46.9 Å². The number of halogens is 2. The van der Waals surface area contributed by atoms with Gasteiger partial charge >= 0.3 is 0 Å². The van der Waals surface area contributed by atoms with Gasteiger partial charge in [-0.15, -0.1) is 0 Å². The number of hydrogen-bond acceptors (Lipinski definition) is 2. The highest BCUT2D eigenvalue weighted by molar-refractivity contribution is 9.10. The Balaban J connectivity index is 2.05. The fourth-order valence-electron chi connectivity index (χ4n) is 2.01. The van der Waals surface area contributed by atoms with E-state index in [1.807, 2.05) is 25.2 Å². The van der Waals surface area contributed by atoms with Gasteiger partial charge < -0.3 is 5.73 Å². The van der Waals surface area contributed by atoms with Crippen LogP contribution in [0.4, 0.5) is 10.1 Å². The molecule has 0 aliphatic rings. The summed E-state index contributed by atoms with van der Waals surface area (Å²) in [6, 6.07) is 13.1. The topological polar surface area (TPSA) is 29.3 Å². The van der Waals surface area contributed by atoms with E-state index in [0.717, 1.165) is 16.6 Å². The van der Waals surface area contributed by atoms with E-state index in [1.54, 1.807) is 6.07 Å². The minimum absolute atomic E-state index is 0.239. The smallest absolute Gasteiger partial charge is 0.146 e. The predicted octanol–water partition coefficient (Wildman–Crippen LogP) is 3.80. The third kappa shape index (κ3) is 3.78. The molecule has 0 radical (unpaired) electrons. The highest BCUT2D eigenvalue weighted by Gasteiger charge is 2.07. The lowest BCUT2D eigenvalue weighted by Crippen LogP contribution is -2.18. The molecule has 2 N–H and O–H groups in total. The molecular weight excluding hydrogens is 307 g/mol. The lowest BCUT2D eigenvalue weighted by atomic mass is 10.1. The number of nitrogens with zero attached hydrogens (tertiary/aromatic N) is 1. The van der Waals surface area contributed by atoms with E-state index in [4.69, 9.17) is 5.73 Å². The summed E-state index contributed by atoms with van der Waals surface area (Å²) in [4.78, 5) is 2.10. The lowest BCUT2D eigenvalue weighted by molar-refractivity contribution is 0.319. The molecule has 100 valence electrons. The van der Waals surface area contributed by atoms with Crippen molar-refractivity contribution in [1.29, 1.82) is 0 Å². The number of benzene rings is 2. The summed E-state index contributed by atoms with van der Waals surface area (Å²) in [5.74, 6) is -0.353. The average Bonchev–Trinajstić information content (AvgIpc) is 2.35. The first-order chi connectivity index (χ1) is 9.06. The Labute approximate surface area is 121 Å². The summed E-state index contributed by atoms with van der Waals surface area (Å²) < 4.78 is 14.4. The quantitative estimate of drug-likeness (QED) is 0.867. The zero-order valence-electron chi connectivity index (χ0n) is 10.7. The van der Waals surface area contributed by atoms with Crippen LogP contribution in [-0.4, -0.2) is 11.9 Å². The van der Waals surface area contributed by atoms with Crippen LogP contribution in [0.3, 0.4) is 0 Å². The second-order valence-corrected chi connectivity index (χ2v) is 5.53. The number of nitrogens with two attached hydrogens (primary N) is 1. The maximum Gasteiger partial charge on any atom is 0.146 e. The highest BCUT2D eigenvalue weighted by Crippen LogP contribution is 2.19. The predicted molar refractivity (Wildman–Crippen MR) is 80.1 cm³/mol. The van der Waals surface area contributed by atoms with Crippen molar-refractivity contribution < 1.29 is 4.39 Å². The number of para-hydroxylation sites is 1. The number of hydrogen-bond donors (Lipinski definition) is 1. The molecule has 0 fully saturated rings. The Morgan fingerprint density at radius 2 is 1.89 bits per heavy atom. The van der Waals surface area contributed by atoms with E-state index >= 15 is 0 Å². The van der Waals surface area contributed by atoms with E-state index in [0.29, 0.717) is 6.54 Å². The van der Waals surface area contributed by atoms with Crippen LogP contribution >= 0.6 is 15.9 Å². The molecule has 0 aromatic heterocycles. The second kappa shape index (κ2) is 6.17. The molecule has 2 aromatic rings. The van der Waals surface area contributed by atoms with Crippen LogP contribution in [0.1, 0.15) is 11.1 Å². The van der Waals surface area contributed by atoms with E-state index in [1.165, 1.54) is 11.6 Å². The molecule has 2 rings (SSSR count). The minimum Gasteiger partial charge on any atom is -0.396 e. The van der Waals surface area contributed by atoms with Crippen LogP contribution in [0.25, 0.3) is 0 Å². The molecule has 0 saturated heterocycles. The Morgan fingerprint density at radius 3 is 2.63 bits per heavy atom. The van der Waals surface area contributed by atoms with Gasteiger partial charge in [0, 0.05) is 17.6 Å². The van der Waals surface area contributed by atoms with Gasteiger partial charge in [0.1, 0.15) is 5.82 Å². The third-order valence-corrected chi connectivity index (χ3v) is 3.42. The van der Waals surface area contributed by atoms with Crippen LogP contribution < -0.4 is 5.73 Å². The van der Waals surface area contributed by atoms with Crippen LogP contribution in [0.2, 0.25) is 0 Å². The Bertz CT molecular complexity index is 572. The molecule has 0 aliphatic heterocycles. The van der Waals surface area contributed by atoms with Gasteiger partial charge in [-0.25, -0.2) is 4.39 Å². The molecule has 2 aromatic carbocycles. The van der Waals surface area contributed by atoms with Gasteiger partial charge in [-0.1, -0.05) is 40.2 Å². The van der Waals surface area contributed by atoms with Gasteiger partial charge in [0.2, 0.25) is 0 Å². The highest BCUT2D eigenvalue weighted by atomic mass is 79.9. The van der Waals surface area contributed by atoms with Gasteiger partial charge in [0.15, 0.2) is 0 Å². The number of nitrogen functional groups attached to an aromatic ring is 1. The van der Waals surface area contributed by atoms with Crippen molar-refractivity contribution in [2.45, 2.75) is 13.1 Å². The average molecular weight is 323 g/mol. The maximum atomic E-state index is 13.4. The molecule has 4 heteroatoms. The SMILES string of the molecule is CN(Cc1cccc(Br)c1)Cc1cccc(F)c1N. The van der Waals surface area contributed by atoms with Gasteiger partial charge in [-0.05, 0) is 36.4 Å². The summed E-state index contributed by atoms with van der Waals surface area (Å²) in [7, 11) is 1.99. The molecule has 19 heavy (non-hydrogen) atoms. The number of rotatable bonds is 4. The summed E-state index contributed by atoms with van der Waals surface area (Å²) in [6.07, 6.45) is 0. The van der Waals surface area contributed by atoms with E-state index < -0.39 is 0 Å².